The number of carbonyl (C=O) groups excluding carboxylic acids is 1. The van der Waals surface area contributed by atoms with Gasteiger partial charge in [-0.2, -0.15) is 5.10 Å². The van der Waals surface area contributed by atoms with Crippen molar-refractivity contribution in [2.24, 2.45) is 10.2 Å². The lowest BCUT2D eigenvalue weighted by molar-refractivity contribution is -0.118. The van der Waals surface area contributed by atoms with Crippen molar-refractivity contribution in [3.8, 4) is 0 Å². The maximum absolute atomic E-state index is 11.1. The number of hydrogen-bond acceptors (Lipinski definition) is 5. The Kier molecular flexibility index (Phi) is 2.86. The van der Waals surface area contributed by atoms with Crippen molar-refractivity contribution in [1.82, 2.24) is 5.32 Å². The molecule has 1 saturated heterocycles. The van der Waals surface area contributed by atoms with Crippen LogP contribution in [-0.2, 0) is 4.79 Å². The molecule has 1 aromatic rings. The Labute approximate surface area is 90.6 Å². The molecule has 0 aromatic carbocycles. The first-order valence-corrected chi connectivity index (χ1v) is 5.26. The number of nitrogens with one attached hydrogen (secondary N) is 1. The number of hydrogen-bond donors (Lipinski definition) is 1. The zero-order valence-electron chi connectivity index (χ0n) is 8.01. The fourth-order valence-corrected chi connectivity index (χ4v) is 1.76. The minimum absolute atomic E-state index is 0.0352. The standard InChI is InChI=1S/C9H9N3O2S/c1-6-8(13)11-9(15-6)12-10-5-7-3-2-4-14-7/h2-6H,1H3,(H,11,12,13)/b10-5-/t6-/m1/s1. The quantitative estimate of drug-likeness (QED) is 0.605. The van der Waals surface area contributed by atoms with E-state index in [-0.39, 0.29) is 11.2 Å². The summed E-state index contributed by atoms with van der Waals surface area (Å²) >= 11 is 1.36. The van der Waals surface area contributed by atoms with Crippen LogP contribution in [0.5, 0.6) is 0 Å². The molecule has 6 heteroatoms. The molecule has 1 fully saturated rings. The minimum Gasteiger partial charge on any atom is -0.463 e. The van der Waals surface area contributed by atoms with Crippen molar-refractivity contribution < 1.29 is 9.21 Å². The average molecular weight is 223 g/mol. The Morgan fingerprint density at radius 3 is 3.13 bits per heavy atom. The molecule has 2 heterocycles. The third-order valence-corrected chi connectivity index (χ3v) is 2.74. The van der Waals surface area contributed by atoms with Gasteiger partial charge in [-0.25, -0.2) is 0 Å². The Hall–Kier alpha value is -1.56. The second-order valence-corrected chi connectivity index (χ2v) is 4.24. The van der Waals surface area contributed by atoms with E-state index < -0.39 is 0 Å². The SMILES string of the molecule is C[C@H]1S/C(=N/N=C\c2ccco2)NC1=O. The van der Waals surface area contributed by atoms with Gasteiger partial charge in [0.1, 0.15) is 5.76 Å². The lowest BCUT2D eigenvalue weighted by Gasteiger charge is -1.88. The highest BCUT2D eigenvalue weighted by atomic mass is 32.2. The molecular weight excluding hydrogens is 214 g/mol. The second kappa shape index (κ2) is 4.31. The average Bonchev–Trinajstić information content (AvgIpc) is 2.79. The molecule has 0 saturated carbocycles. The summed E-state index contributed by atoms with van der Waals surface area (Å²) in [7, 11) is 0. The van der Waals surface area contributed by atoms with Crippen molar-refractivity contribution in [2.45, 2.75) is 12.2 Å². The van der Waals surface area contributed by atoms with E-state index in [9.17, 15) is 4.79 Å². The normalized spacial score (nSPS) is 23.9. The van der Waals surface area contributed by atoms with Crippen molar-refractivity contribution in [3.63, 3.8) is 0 Å². The number of nitrogens with zero attached hydrogens (tertiary/aromatic N) is 2. The van der Waals surface area contributed by atoms with Crippen molar-refractivity contribution in [3.05, 3.63) is 24.2 Å². The van der Waals surface area contributed by atoms with Crippen LogP contribution in [0.4, 0.5) is 0 Å². The molecule has 1 aliphatic heterocycles. The van der Waals surface area contributed by atoms with Gasteiger partial charge in [-0.1, -0.05) is 11.8 Å². The molecule has 1 atom stereocenters. The second-order valence-electron chi connectivity index (χ2n) is 2.91. The van der Waals surface area contributed by atoms with E-state index in [1.807, 2.05) is 6.92 Å². The van der Waals surface area contributed by atoms with E-state index in [0.717, 1.165) is 0 Å². The summed E-state index contributed by atoms with van der Waals surface area (Å²) in [6, 6.07) is 3.54. The highest BCUT2D eigenvalue weighted by molar-refractivity contribution is 8.15. The van der Waals surface area contributed by atoms with Crippen LogP contribution in [0.3, 0.4) is 0 Å². The van der Waals surface area contributed by atoms with Crippen molar-refractivity contribution >= 4 is 29.1 Å². The Bertz CT molecular complexity index is 411. The van der Waals surface area contributed by atoms with Crippen molar-refractivity contribution in [1.29, 1.82) is 0 Å². The van der Waals surface area contributed by atoms with Gasteiger partial charge < -0.3 is 9.73 Å². The van der Waals surface area contributed by atoms with Gasteiger partial charge in [-0.3, -0.25) is 4.79 Å². The maximum Gasteiger partial charge on any atom is 0.239 e. The van der Waals surface area contributed by atoms with Gasteiger partial charge in [0.15, 0.2) is 5.17 Å². The minimum atomic E-state index is -0.0948. The third-order valence-electron chi connectivity index (χ3n) is 1.76. The molecule has 1 N–H and O–H groups in total. The van der Waals surface area contributed by atoms with Gasteiger partial charge in [-0.15, -0.1) is 5.10 Å². The van der Waals surface area contributed by atoms with Crippen LogP contribution in [0.1, 0.15) is 12.7 Å². The van der Waals surface area contributed by atoms with Gasteiger partial charge in [0.2, 0.25) is 5.91 Å². The molecule has 0 bridgehead atoms. The first kappa shape index (κ1) is 9.97. The summed E-state index contributed by atoms with van der Waals surface area (Å²) < 4.78 is 5.03. The van der Waals surface area contributed by atoms with Gasteiger partial charge in [-0.05, 0) is 19.1 Å². The number of furan rings is 1. The molecule has 0 aliphatic carbocycles. The van der Waals surface area contributed by atoms with Crippen molar-refractivity contribution in [2.75, 3.05) is 0 Å². The fraction of sp³-hybridized carbons (Fsp3) is 0.222. The van der Waals surface area contributed by atoms with E-state index in [1.54, 1.807) is 18.4 Å². The summed E-state index contributed by atoms with van der Waals surface area (Å²) in [6.07, 6.45) is 3.05. The molecule has 1 aromatic heterocycles. The molecule has 15 heavy (non-hydrogen) atoms. The van der Waals surface area contributed by atoms with E-state index in [1.165, 1.54) is 18.0 Å². The van der Waals surface area contributed by atoms with E-state index >= 15 is 0 Å². The zero-order chi connectivity index (χ0) is 10.7. The number of thioether (sulfide) groups is 1. The van der Waals surface area contributed by atoms with E-state index in [2.05, 4.69) is 15.5 Å². The highest BCUT2D eigenvalue weighted by Crippen LogP contribution is 2.18. The molecule has 5 nitrogen and oxygen atoms in total. The molecule has 0 unspecified atom stereocenters. The lowest BCUT2D eigenvalue weighted by Crippen LogP contribution is -2.23. The first-order chi connectivity index (χ1) is 7.25. The lowest BCUT2D eigenvalue weighted by atomic mass is 10.4. The van der Waals surface area contributed by atoms with E-state index in [0.29, 0.717) is 10.9 Å². The summed E-state index contributed by atoms with van der Waals surface area (Å²) in [5, 5.41) is 10.7. The molecule has 1 aliphatic rings. The van der Waals surface area contributed by atoms with E-state index in [4.69, 9.17) is 4.42 Å². The Morgan fingerprint density at radius 2 is 2.53 bits per heavy atom. The predicted octanol–water partition coefficient (Wildman–Crippen LogP) is 1.22. The van der Waals surface area contributed by atoms with Crippen LogP contribution in [0, 0.1) is 0 Å². The first-order valence-electron chi connectivity index (χ1n) is 4.38. The van der Waals surface area contributed by atoms with Crippen LogP contribution in [0.25, 0.3) is 0 Å². The van der Waals surface area contributed by atoms with Gasteiger partial charge in [0, 0.05) is 0 Å². The third kappa shape index (κ3) is 2.47. The number of carbonyl (C=O) groups is 1. The molecule has 2 rings (SSSR count). The number of amidine groups is 1. The smallest absolute Gasteiger partial charge is 0.239 e. The molecule has 0 radical (unpaired) electrons. The topological polar surface area (TPSA) is 67.0 Å². The Balaban J connectivity index is 1.98. The van der Waals surface area contributed by atoms with Crippen LogP contribution in [0.15, 0.2) is 33.0 Å². The summed E-state index contributed by atoms with van der Waals surface area (Å²) in [6.45, 7) is 1.82. The van der Waals surface area contributed by atoms with Crippen LogP contribution in [-0.4, -0.2) is 22.5 Å². The number of rotatable bonds is 2. The summed E-state index contributed by atoms with van der Waals surface area (Å²) in [5.41, 5.74) is 0. The number of amides is 1. The largest absolute Gasteiger partial charge is 0.463 e. The van der Waals surface area contributed by atoms with Crippen LogP contribution in [0.2, 0.25) is 0 Å². The zero-order valence-corrected chi connectivity index (χ0v) is 8.82. The maximum atomic E-state index is 11.1. The van der Waals surface area contributed by atoms with Crippen LogP contribution < -0.4 is 5.32 Å². The van der Waals surface area contributed by atoms with Crippen LogP contribution >= 0.6 is 11.8 Å². The van der Waals surface area contributed by atoms with Gasteiger partial charge in [0.25, 0.3) is 0 Å². The molecular formula is C9H9N3O2S. The van der Waals surface area contributed by atoms with Gasteiger partial charge >= 0.3 is 0 Å². The molecule has 0 spiro atoms. The van der Waals surface area contributed by atoms with Gasteiger partial charge in [0.05, 0.1) is 17.7 Å². The predicted molar refractivity (Wildman–Crippen MR) is 58.9 cm³/mol. The highest BCUT2D eigenvalue weighted by Gasteiger charge is 2.25. The Morgan fingerprint density at radius 1 is 1.67 bits per heavy atom. The molecule has 78 valence electrons. The summed E-state index contributed by atoms with van der Waals surface area (Å²) in [5.74, 6) is 0.591. The fourth-order valence-electron chi connectivity index (χ4n) is 1.01. The molecule has 1 amide bonds. The summed E-state index contributed by atoms with van der Waals surface area (Å²) in [4.78, 5) is 11.1. The monoisotopic (exact) mass is 223 g/mol.